The number of hydrogen-bond acceptors (Lipinski definition) is 7. The normalized spacial score (nSPS) is 12.1. The van der Waals surface area contributed by atoms with E-state index in [0.29, 0.717) is 16.8 Å². The van der Waals surface area contributed by atoms with Gasteiger partial charge in [0.15, 0.2) is 5.82 Å². The minimum Gasteiger partial charge on any atom is -0.282 e. The Balaban J connectivity index is 1.96. The van der Waals surface area contributed by atoms with Crippen molar-refractivity contribution < 1.29 is 25.9 Å². The van der Waals surface area contributed by atoms with Gasteiger partial charge in [0, 0.05) is 11.1 Å². The van der Waals surface area contributed by atoms with Crippen molar-refractivity contribution in [2.45, 2.75) is 9.79 Å². The van der Waals surface area contributed by atoms with Gasteiger partial charge in [-0.2, -0.15) is 21.9 Å². The Hall–Kier alpha value is -2.73. The highest BCUT2D eigenvalue weighted by Gasteiger charge is 2.12. The molecule has 9 nitrogen and oxygen atoms in total. The van der Waals surface area contributed by atoms with E-state index in [1.54, 1.807) is 0 Å². The predicted octanol–water partition coefficient (Wildman–Crippen LogP) is 1.70. The lowest BCUT2D eigenvalue weighted by Gasteiger charge is -2.05. The Bertz CT molecular complexity index is 1070. The van der Waals surface area contributed by atoms with Crippen LogP contribution in [-0.2, 0) is 20.2 Å². The summed E-state index contributed by atoms with van der Waals surface area (Å²) in [6.45, 7) is 0. The third-order valence-electron chi connectivity index (χ3n) is 3.42. The fourth-order valence-electron chi connectivity index (χ4n) is 2.14. The van der Waals surface area contributed by atoms with Crippen molar-refractivity contribution in [2.75, 3.05) is 0 Å². The molecule has 0 amide bonds. The average molecular weight is 393 g/mol. The summed E-state index contributed by atoms with van der Waals surface area (Å²) in [5.74, 6) is 0.211. The van der Waals surface area contributed by atoms with E-state index in [1.165, 1.54) is 54.7 Å². The highest BCUT2D eigenvalue weighted by atomic mass is 32.2. The van der Waals surface area contributed by atoms with Gasteiger partial charge in [0.25, 0.3) is 20.2 Å². The van der Waals surface area contributed by atoms with Gasteiger partial charge in [0.1, 0.15) is 0 Å². The van der Waals surface area contributed by atoms with Crippen LogP contribution >= 0.6 is 0 Å². The van der Waals surface area contributed by atoms with Gasteiger partial charge in [-0.1, -0.05) is 12.1 Å². The van der Waals surface area contributed by atoms with Crippen LogP contribution in [0.4, 0.5) is 0 Å². The molecule has 0 aliphatic carbocycles. The van der Waals surface area contributed by atoms with Gasteiger partial charge in [0.2, 0.25) is 0 Å². The summed E-state index contributed by atoms with van der Waals surface area (Å²) in [5, 5.41) is 7.71. The van der Waals surface area contributed by atoms with Gasteiger partial charge in [-0.3, -0.25) is 9.11 Å². The zero-order chi connectivity index (χ0) is 18.9. The second-order valence-corrected chi connectivity index (χ2v) is 8.01. The molecule has 1 aromatic heterocycles. The van der Waals surface area contributed by atoms with E-state index in [0.717, 1.165) is 0 Å². The van der Waals surface area contributed by atoms with Gasteiger partial charge in [-0.05, 0) is 36.4 Å². The molecular weight excluding hydrogens is 382 g/mol. The second kappa shape index (κ2) is 6.53. The third kappa shape index (κ3) is 3.91. The number of benzene rings is 2. The molecule has 26 heavy (non-hydrogen) atoms. The smallest absolute Gasteiger partial charge is 0.282 e. The minimum absolute atomic E-state index is 0.211. The number of rotatable bonds is 4. The van der Waals surface area contributed by atoms with Crippen LogP contribution < -0.4 is 0 Å². The first-order chi connectivity index (χ1) is 12.1. The van der Waals surface area contributed by atoms with Gasteiger partial charge >= 0.3 is 0 Å². The monoisotopic (exact) mass is 393 g/mol. The molecule has 0 saturated heterocycles. The van der Waals surface area contributed by atoms with E-state index < -0.39 is 20.2 Å². The zero-order valence-corrected chi connectivity index (χ0v) is 14.5. The first-order valence-electron chi connectivity index (χ1n) is 7.00. The summed E-state index contributed by atoms with van der Waals surface area (Å²) in [6.07, 6.45) is 1.37. The van der Waals surface area contributed by atoms with E-state index in [2.05, 4.69) is 15.2 Å². The predicted molar refractivity (Wildman–Crippen MR) is 90.3 cm³/mol. The molecule has 0 bridgehead atoms. The Morgan fingerprint density at radius 1 is 0.692 bits per heavy atom. The average Bonchev–Trinajstić information content (AvgIpc) is 2.61. The molecule has 3 aromatic rings. The molecule has 2 aromatic carbocycles. The molecule has 0 unspecified atom stereocenters. The zero-order valence-electron chi connectivity index (χ0n) is 12.9. The number of hydrogen-bond donors (Lipinski definition) is 2. The number of nitrogens with zero attached hydrogens (tertiary/aromatic N) is 3. The summed E-state index contributed by atoms with van der Waals surface area (Å²) in [5.41, 5.74) is 1.42. The highest BCUT2D eigenvalue weighted by Crippen LogP contribution is 2.22. The van der Waals surface area contributed by atoms with Crippen LogP contribution in [0.3, 0.4) is 0 Å². The van der Waals surface area contributed by atoms with Crippen molar-refractivity contribution in [2.24, 2.45) is 0 Å². The van der Waals surface area contributed by atoms with Crippen LogP contribution in [0.25, 0.3) is 22.6 Å². The molecule has 0 aliphatic rings. The van der Waals surface area contributed by atoms with Gasteiger partial charge in [0.05, 0.1) is 21.7 Å². The van der Waals surface area contributed by atoms with E-state index >= 15 is 0 Å². The first-order valence-corrected chi connectivity index (χ1v) is 9.88. The van der Waals surface area contributed by atoms with Crippen LogP contribution in [-0.4, -0.2) is 41.1 Å². The summed E-state index contributed by atoms with van der Waals surface area (Å²) < 4.78 is 62.3. The van der Waals surface area contributed by atoms with E-state index in [9.17, 15) is 16.8 Å². The Morgan fingerprint density at radius 3 is 1.62 bits per heavy atom. The second-order valence-electron chi connectivity index (χ2n) is 5.16. The first kappa shape index (κ1) is 18.1. The fraction of sp³-hybridized carbons (Fsp3) is 0. The fourth-order valence-corrected chi connectivity index (χ4v) is 3.10. The topological polar surface area (TPSA) is 147 Å². The molecule has 134 valence electrons. The molecular formula is C15H11N3O6S2. The summed E-state index contributed by atoms with van der Waals surface area (Å²) in [4.78, 5) is 3.80. The summed E-state index contributed by atoms with van der Waals surface area (Å²) in [7, 11) is -8.58. The lowest BCUT2D eigenvalue weighted by Crippen LogP contribution is -1.99. The van der Waals surface area contributed by atoms with Crippen LogP contribution in [0.2, 0.25) is 0 Å². The molecule has 11 heteroatoms. The van der Waals surface area contributed by atoms with Crippen molar-refractivity contribution >= 4 is 20.2 Å². The Kier molecular flexibility index (Phi) is 4.54. The van der Waals surface area contributed by atoms with E-state index in [-0.39, 0.29) is 15.6 Å². The maximum Gasteiger partial charge on any atom is 0.294 e. The van der Waals surface area contributed by atoms with E-state index in [4.69, 9.17) is 9.11 Å². The molecule has 2 N–H and O–H groups in total. The largest absolute Gasteiger partial charge is 0.294 e. The molecule has 0 radical (unpaired) electrons. The molecule has 0 spiro atoms. The van der Waals surface area contributed by atoms with Crippen molar-refractivity contribution in [1.82, 2.24) is 15.2 Å². The molecule has 3 rings (SSSR count). The quantitative estimate of drug-likeness (QED) is 0.632. The third-order valence-corrected chi connectivity index (χ3v) is 5.15. The highest BCUT2D eigenvalue weighted by molar-refractivity contribution is 7.86. The molecule has 0 aliphatic heterocycles. The molecule has 0 fully saturated rings. The Morgan fingerprint density at radius 2 is 1.15 bits per heavy atom. The van der Waals surface area contributed by atoms with Crippen LogP contribution in [0.5, 0.6) is 0 Å². The molecule has 1 heterocycles. The van der Waals surface area contributed by atoms with Gasteiger partial charge in [-0.15, -0.1) is 5.10 Å². The lowest BCUT2D eigenvalue weighted by molar-refractivity contribution is 0.481. The van der Waals surface area contributed by atoms with Gasteiger partial charge < -0.3 is 0 Å². The molecule has 0 saturated carbocycles. The van der Waals surface area contributed by atoms with Crippen LogP contribution in [0, 0.1) is 0 Å². The Labute approximate surface area is 148 Å². The van der Waals surface area contributed by atoms with Crippen LogP contribution in [0.1, 0.15) is 0 Å². The minimum atomic E-state index is -4.30. The number of aromatic nitrogens is 3. The summed E-state index contributed by atoms with van der Waals surface area (Å²) in [6, 6.07) is 10.6. The van der Waals surface area contributed by atoms with Crippen molar-refractivity contribution in [3.8, 4) is 22.6 Å². The molecule has 0 atom stereocenters. The van der Waals surface area contributed by atoms with Gasteiger partial charge in [-0.25, -0.2) is 4.98 Å². The van der Waals surface area contributed by atoms with Crippen LogP contribution in [0.15, 0.2) is 64.5 Å². The van der Waals surface area contributed by atoms with Crippen molar-refractivity contribution in [3.63, 3.8) is 0 Å². The maximum atomic E-state index is 11.1. The standard InChI is InChI=1S/C15H11N3O6S2/c19-25(20,21)12-5-1-10(2-6-12)14-9-16-18-15(17-14)11-3-7-13(8-4-11)26(22,23)24/h1-9H,(H,19,20,21)(H,22,23,24). The van der Waals surface area contributed by atoms with E-state index in [1.807, 2.05) is 0 Å². The lowest BCUT2D eigenvalue weighted by atomic mass is 10.1. The summed E-state index contributed by atoms with van der Waals surface area (Å²) >= 11 is 0. The van der Waals surface area contributed by atoms with Crippen molar-refractivity contribution in [3.05, 3.63) is 54.7 Å². The van der Waals surface area contributed by atoms with Crippen molar-refractivity contribution in [1.29, 1.82) is 0 Å². The SMILES string of the molecule is O=S(=O)(O)c1ccc(-c2cnnc(-c3ccc(S(=O)(=O)O)cc3)n2)cc1. The maximum absolute atomic E-state index is 11.1.